The van der Waals surface area contributed by atoms with E-state index in [-0.39, 0.29) is 0 Å². The molecule has 0 heterocycles. The van der Waals surface area contributed by atoms with Crippen molar-refractivity contribution in [2.24, 2.45) is 0 Å². The third kappa shape index (κ3) is 7.37. The fourth-order valence-corrected chi connectivity index (χ4v) is 7.47. The van der Waals surface area contributed by atoms with E-state index in [2.05, 4.69) is 252 Å². The van der Waals surface area contributed by atoms with E-state index in [9.17, 15) is 0 Å². The predicted octanol–water partition coefficient (Wildman–Crippen LogP) is 15.3. The minimum absolute atomic E-state index is 1.07. The van der Waals surface area contributed by atoms with Gasteiger partial charge in [0.1, 0.15) is 0 Å². The van der Waals surface area contributed by atoms with E-state index >= 15 is 0 Å². The lowest BCUT2D eigenvalue weighted by Gasteiger charge is -2.29. The van der Waals surface area contributed by atoms with Gasteiger partial charge in [-0.1, -0.05) is 170 Å². The lowest BCUT2D eigenvalue weighted by Crippen LogP contribution is -2.12. The summed E-state index contributed by atoms with van der Waals surface area (Å²) in [5.74, 6) is 0. The summed E-state index contributed by atoms with van der Waals surface area (Å²) in [6, 6.07) is 86.7. The van der Waals surface area contributed by atoms with Crippen molar-refractivity contribution in [2.75, 3.05) is 9.80 Å². The standard InChI is InChI=1S/C54H40N2/c1-5-17-41(18-6-1)45-25-13-29-51(37-45)55(52-30-14-26-46(38-52)42-19-7-2-8-20-42)49-33-35-50(36-34-49)56(53-31-15-27-47(39-53)43-21-9-3-10-22-43)54-32-16-28-48(40-54)44-23-11-4-12-24-44/h1-40H. The van der Waals surface area contributed by atoms with Crippen LogP contribution in [0.4, 0.5) is 34.1 Å². The minimum Gasteiger partial charge on any atom is -0.310 e. The zero-order valence-electron chi connectivity index (χ0n) is 31.0. The maximum Gasteiger partial charge on any atom is 0.0467 e. The summed E-state index contributed by atoms with van der Waals surface area (Å²) < 4.78 is 0. The molecule has 0 aliphatic rings. The van der Waals surface area contributed by atoms with E-state index in [1.807, 2.05) is 0 Å². The van der Waals surface area contributed by atoms with E-state index in [1.54, 1.807) is 0 Å². The fourth-order valence-electron chi connectivity index (χ4n) is 7.47. The van der Waals surface area contributed by atoms with Gasteiger partial charge in [-0.05, 0) is 117 Å². The van der Waals surface area contributed by atoms with Gasteiger partial charge < -0.3 is 9.80 Å². The monoisotopic (exact) mass is 716 g/mol. The second-order valence-corrected chi connectivity index (χ2v) is 13.9. The molecular weight excluding hydrogens is 677 g/mol. The van der Waals surface area contributed by atoms with Gasteiger partial charge >= 0.3 is 0 Å². The molecule has 0 atom stereocenters. The molecule has 0 amide bonds. The van der Waals surface area contributed by atoms with Crippen LogP contribution in [-0.4, -0.2) is 0 Å². The lowest BCUT2D eigenvalue weighted by atomic mass is 10.0. The van der Waals surface area contributed by atoms with E-state index in [0.29, 0.717) is 0 Å². The van der Waals surface area contributed by atoms with Crippen LogP contribution in [0.25, 0.3) is 44.5 Å². The first-order valence-electron chi connectivity index (χ1n) is 19.1. The molecule has 0 aliphatic carbocycles. The van der Waals surface area contributed by atoms with Crippen LogP contribution in [-0.2, 0) is 0 Å². The van der Waals surface area contributed by atoms with E-state index in [4.69, 9.17) is 0 Å². The zero-order chi connectivity index (χ0) is 37.5. The first kappa shape index (κ1) is 34.4. The molecule has 0 spiro atoms. The maximum atomic E-state index is 2.36. The van der Waals surface area contributed by atoms with Crippen LogP contribution in [0.15, 0.2) is 243 Å². The molecule has 0 N–H and O–H groups in total. The molecule has 0 fully saturated rings. The first-order valence-corrected chi connectivity index (χ1v) is 19.1. The summed E-state index contributed by atoms with van der Waals surface area (Å²) in [6.07, 6.45) is 0. The van der Waals surface area contributed by atoms with Crippen molar-refractivity contribution >= 4 is 34.1 Å². The van der Waals surface area contributed by atoms with Gasteiger partial charge in [-0.25, -0.2) is 0 Å². The minimum atomic E-state index is 1.07. The molecular formula is C54H40N2. The SMILES string of the molecule is c1ccc(-c2cccc(N(c3ccc(N(c4cccc(-c5ccccc5)c4)c4cccc(-c5ccccc5)c4)cc3)c3cccc(-c4ccccc4)c3)c2)cc1. The highest BCUT2D eigenvalue weighted by molar-refractivity contribution is 5.86. The van der Waals surface area contributed by atoms with Crippen LogP contribution in [0.1, 0.15) is 0 Å². The molecule has 0 saturated heterocycles. The Hall–Kier alpha value is -7.42. The number of hydrogen-bond donors (Lipinski definition) is 0. The molecule has 0 saturated carbocycles. The van der Waals surface area contributed by atoms with Gasteiger partial charge in [-0.2, -0.15) is 0 Å². The topological polar surface area (TPSA) is 6.48 Å². The Balaban J connectivity index is 1.17. The number of rotatable bonds is 10. The smallest absolute Gasteiger partial charge is 0.0467 e. The average molecular weight is 717 g/mol. The van der Waals surface area contributed by atoms with E-state index in [0.717, 1.165) is 34.1 Å². The van der Waals surface area contributed by atoms with Crippen molar-refractivity contribution in [3.05, 3.63) is 243 Å². The molecule has 9 aromatic carbocycles. The summed E-state index contributed by atoms with van der Waals surface area (Å²) >= 11 is 0. The Morgan fingerprint density at radius 1 is 0.161 bits per heavy atom. The van der Waals surface area contributed by atoms with Crippen molar-refractivity contribution < 1.29 is 0 Å². The van der Waals surface area contributed by atoms with Crippen LogP contribution in [0.3, 0.4) is 0 Å². The highest BCUT2D eigenvalue weighted by Gasteiger charge is 2.18. The molecule has 9 aromatic rings. The third-order valence-electron chi connectivity index (χ3n) is 10.2. The Labute approximate surface area is 329 Å². The third-order valence-corrected chi connectivity index (χ3v) is 10.2. The molecule has 2 heteroatoms. The quantitative estimate of drug-likeness (QED) is 0.139. The first-order chi connectivity index (χ1) is 27.8. The maximum absolute atomic E-state index is 2.36. The number of hydrogen-bond acceptors (Lipinski definition) is 2. The molecule has 0 radical (unpaired) electrons. The van der Waals surface area contributed by atoms with Crippen LogP contribution in [0, 0.1) is 0 Å². The Morgan fingerprint density at radius 2 is 0.375 bits per heavy atom. The molecule has 56 heavy (non-hydrogen) atoms. The van der Waals surface area contributed by atoms with Crippen molar-refractivity contribution in [1.82, 2.24) is 0 Å². The molecule has 266 valence electrons. The Morgan fingerprint density at radius 3 is 0.607 bits per heavy atom. The molecule has 0 bridgehead atoms. The average Bonchev–Trinajstić information content (AvgIpc) is 3.29. The summed E-state index contributed by atoms with van der Waals surface area (Å²) in [6.45, 7) is 0. The number of benzene rings is 9. The van der Waals surface area contributed by atoms with Crippen molar-refractivity contribution in [3.8, 4) is 44.5 Å². The lowest BCUT2D eigenvalue weighted by molar-refractivity contribution is 1.26. The summed E-state index contributed by atoms with van der Waals surface area (Å²) in [5.41, 5.74) is 15.9. The number of nitrogens with zero attached hydrogens (tertiary/aromatic N) is 2. The second-order valence-electron chi connectivity index (χ2n) is 13.9. The fraction of sp³-hybridized carbons (Fsp3) is 0. The zero-order valence-corrected chi connectivity index (χ0v) is 31.0. The highest BCUT2D eigenvalue weighted by atomic mass is 15.2. The van der Waals surface area contributed by atoms with Gasteiger partial charge in [-0.15, -0.1) is 0 Å². The second kappa shape index (κ2) is 15.9. The summed E-state index contributed by atoms with van der Waals surface area (Å²) in [5, 5.41) is 0. The van der Waals surface area contributed by atoms with Gasteiger partial charge in [0.2, 0.25) is 0 Å². The molecule has 9 rings (SSSR count). The van der Waals surface area contributed by atoms with Crippen LogP contribution >= 0.6 is 0 Å². The normalized spacial score (nSPS) is 10.9. The molecule has 2 nitrogen and oxygen atoms in total. The molecule has 0 aliphatic heterocycles. The van der Waals surface area contributed by atoms with Gasteiger partial charge in [0, 0.05) is 34.1 Å². The summed E-state index contributed by atoms with van der Waals surface area (Å²) in [4.78, 5) is 4.72. The van der Waals surface area contributed by atoms with Gasteiger partial charge in [0.25, 0.3) is 0 Å². The van der Waals surface area contributed by atoms with Gasteiger partial charge in [-0.3, -0.25) is 0 Å². The Bertz CT molecular complexity index is 2320. The van der Waals surface area contributed by atoms with E-state index < -0.39 is 0 Å². The summed E-state index contributed by atoms with van der Waals surface area (Å²) in [7, 11) is 0. The molecule has 0 unspecified atom stereocenters. The van der Waals surface area contributed by atoms with Gasteiger partial charge in [0.15, 0.2) is 0 Å². The largest absolute Gasteiger partial charge is 0.310 e. The van der Waals surface area contributed by atoms with Crippen molar-refractivity contribution in [1.29, 1.82) is 0 Å². The van der Waals surface area contributed by atoms with Crippen LogP contribution in [0.2, 0.25) is 0 Å². The van der Waals surface area contributed by atoms with E-state index in [1.165, 1.54) is 44.5 Å². The predicted molar refractivity (Wildman–Crippen MR) is 238 cm³/mol. The number of anilines is 6. The molecule has 0 aromatic heterocycles. The van der Waals surface area contributed by atoms with Crippen LogP contribution < -0.4 is 9.80 Å². The van der Waals surface area contributed by atoms with Crippen molar-refractivity contribution in [3.63, 3.8) is 0 Å². The van der Waals surface area contributed by atoms with Crippen molar-refractivity contribution in [2.45, 2.75) is 0 Å². The Kier molecular flexibility index (Phi) is 9.75. The van der Waals surface area contributed by atoms with Crippen LogP contribution in [0.5, 0.6) is 0 Å². The van der Waals surface area contributed by atoms with Gasteiger partial charge in [0.05, 0.1) is 0 Å². The highest BCUT2D eigenvalue weighted by Crippen LogP contribution is 2.42.